The van der Waals surface area contributed by atoms with Crippen molar-refractivity contribution in [1.82, 2.24) is 0 Å². The molecule has 0 bridgehead atoms. The lowest BCUT2D eigenvalue weighted by Crippen LogP contribution is -1.92. The van der Waals surface area contributed by atoms with Crippen LogP contribution in [-0.4, -0.2) is 0 Å². The summed E-state index contributed by atoms with van der Waals surface area (Å²) in [5, 5.41) is 33.5. The zero-order chi connectivity index (χ0) is 70.0. The van der Waals surface area contributed by atoms with Gasteiger partial charge in [0, 0.05) is 0 Å². The summed E-state index contributed by atoms with van der Waals surface area (Å²) in [7, 11) is 0. The predicted octanol–water partition coefficient (Wildman–Crippen LogP) is 30.1. The molecule has 0 saturated carbocycles. The van der Waals surface area contributed by atoms with Gasteiger partial charge in [0.2, 0.25) is 0 Å². The molecule has 0 spiro atoms. The van der Waals surface area contributed by atoms with Crippen LogP contribution in [0.3, 0.4) is 0 Å². The van der Waals surface area contributed by atoms with Crippen molar-refractivity contribution in [3.05, 3.63) is 413 Å². The highest BCUT2D eigenvalue weighted by Gasteiger charge is 2.24. The number of fused-ring (bicyclic) bond motifs is 15. The second-order valence-electron chi connectivity index (χ2n) is 27.9. The lowest BCUT2D eigenvalue weighted by molar-refractivity contribution is 1.67. The molecule has 0 radical (unpaired) electrons. The monoisotopic (exact) mass is 1340 g/mol. The molecule has 0 nitrogen and oxygen atoms in total. The van der Waals surface area contributed by atoms with Gasteiger partial charge in [-0.3, -0.25) is 0 Å². The Morgan fingerprint density at radius 2 is 0.283 bits per heavy atom. The molecule has 0 amide bonds. The third-order valence-corrected chi connectivity index (χ3v) is 22.1. The third kappa shape index (κ3) is 10.4. The van der Waals surface area contributed by atoms with Crippen LogP contribution in [0.15, 0.2) is 413 Å². The molecule has 0 atom stereocenters. The Morgan fingerprint density at radius 1 is 0.0943 bits per heavy atom. The molecule has 0 aliphatic carbocycles. The van der Waals surface area contributed by atoms with E-state index in [1.807, 2.05) is 0 Å². The van der Waals surface area contributed by atoms with Crippen LogP contribution in [0.4, 0.5) is 0 Å². The summed E-state index contributed by atoms with van der Waals surface area (Å²) >= 11 is 0. The van der Waals surface area contributed by atoms with Gasteiger partial charge in [0.1, 0.15) is 0 Å². The number of benzene rings is 22. The SMILES string of the molecule is c1ccc(-c2c3ccccc3c(-c3cc4ccccc4c4ccccc34)c3ccccc23)cc1.c1ccc2c(-c3c4ccccc4c(-c4cc5ccccc5c5ccccc45)c4ccccc34)cccc2c1.c1ccc2c(-c3c4ccccc4c(-c4cccc5ccccc45)c4ccccc34)cccc2c1. The van der Waals surface area contributed by atoms with Crippen LogP contribution in [0.2, 0.25) is 0 Å². The van der Waals surface area contributed by atoms with E-state index < -0.39 is 0 Å². The molecule has 0 N–H and O–H groups in total. The molecule has 22 rings (SSSR count). The van der Waals surface area contributed by atoms with Crippen LogP contribution >= 0.6 is 0 Å². The van der Waals surface area contributed by atoms with Crippen molar-refractivity contribution >= 4 is 140 Å². The Labute approximate surface area is 615 Å². The molecule has 0 aromatic heterocycles. The molecule has 22 aromatic rings. The fourth-order valence-electron chi connectivity index (χ4n) is 17.6. The minimum atomic E-state index is 1.25. The maximum atomic E-state index is 2.39. The van der Waals surface area contributed by atoms with Crippen LogP contribution < -0.4 is 0 Å². The van der Waals surface area contributed by atoms with Crippen LogP contribution in [0.25, 0.3) is 207 Å². The molecule has 0 aliphatic rings. The first-order valence-electron chi connectivity index (χ1n) is 36.8. The summed E-state index contributed by atoms with van der Waals surface area (Å²) in [5.41, 5.74) is 15.6. The minimum Gasteiger partial charge on any atom is -0.0622 e. The number of rotatable bonds is 6. The molecule has 106 heavy (non-hydrogen) atoms. The molecular weight excluding hydrogens is 1270 g/mol. The van der Waals surface area contributed by atoms with E-state index in [4.69, 9.17) is 0 Å². The lowest BCUT2D eigenvalue weighted by atomic mass is 9.83. The van der Waals surface area contributed by atoms with Crippen molar-refractivity contribution in [2.45, 2.75) is 0 Å². The topological polar surface area (TPSA) is 0 Å². The normalized spacial score (nSPS) is 11.6. The van der Waals surface area contributed by atoms with Gasteiger partial charge >= 0.3 is 0 Å². The summed E-state index contributed by atoms with van der Waals surface area (Å²) in [6.07, 6.45) is 0. The molecule has 0 fully saturated rings. The van der Waals surface area contributed by atoms with Gasteiger partial charge < -0.3 is 0 Å². The van der Waals surface area contributed by atoms with Gasteiger partial charge in [0.15, 0.2) is 0 Å². The lowest BCUT2D eigenvalue weighted by Gasteiger charge is -2.20. The highest BCUT2D eigenvalue weighted by atomic mass is 14.3. The van der Waals surface area contributed by atoms with E-state index in [0.29, 0.717) is 0 Å². The van der Waals surface area contributed by atoms with E-state index in [1.54, 1.807) is 0 Å². The van der Waals surface area contributed by atoms with E-state index in [0.717, 1.165) is 0 Å². The predicted molar refractivity (Wildman–Crippen MR) is 460 cm³/mol. The smallest absolute Gasteiger partial charge is 0.00199 e. The van der Waals surface area contributed by atoms with Crippen molar-refractivity contribution in [2.75, 3.05) is 0 Å². The average molecular weight is 1340 g/mol. The van der Waals surface area contributed by atoms with Gasteiger partial charge in [-0.2, -0.15) is 0 Å². The van der Waals surface area contributed by atoms with E-state index in [1.165, 1.54) is 207 Å². The molecule has 0 unspecified atom stereocenters. The number of hydrogen-bond acceptors (Lipinski definition) is 0. The van der Waals surface area contributed by atoms with Crippen LogP contribution in [0.5, 0.6) is 0 Å². The van der Waals surface area contributed by atoms with Gasteiger partial charge in [-0.15, -0.1) is 0 Å². The maximum Gasteiger partial charge on any atom is -0.00199 e. The molecule has 22 aromatic carbocycles. The molecule has 0 aliphatic heterocycles. The molecule has 0 saturated heterocycles. The Hall–Kier alpha value is -13.8. The Bertz CT molecular complexity index is 6920. The number of hydrogen-bond donors (Lipinski definition) is 0. The summed E-state index contributed by atoms with van der Waals surface area (Å²) in [6.45, 7) is 0. The summed E-state index contributed by atoms with van der Waals surface area (Å²) in [4.78, 5) is 0. The quantitative estimate of drug-likeness (QED) is 0.115. The van der Waals surface area contributed by atoms with Gasteiger partial charge in [-0.1, -0.05) is 400 Å². The van der Waals surface area contributed by atoms with E-state index in [2.05, 4.69) is 413 Å². The van der Waals surface area contributed by atoms with Crippen molar-refractivity contribution in [2.24, 2.45) is 0 Å². The fourth-order valence-corrected chi connectivity index (χ4v) is 17.6. The first kappa shape index (κ1) is 62.0. The Balaban J connectivity index is 0.000000106. The highest BCUT2D eigenvalue weighted by molar-refractivity contribution is 6.30. The van der Waals surface area contributed by atoms with Crippen molar-refractivity contribution < 1.29 is 0 Å². The molecule has 0 heterocycles. The summed E-state index contributed by atoms with van der Waals surface area (Å²) in [6, 6.07) is 150. The van der Waals surface area contributed by atoms with Crippen molar-refractivity contribution in [3.8, 4) is 66.8 Å². The zero-order valence-corrected chi connectivity index (χ0v) is 58.3. The largest absolute Gasteiger partial charge is 0.0622 e. The average Bonchev–Trinajstić information content (AvgIpc) is 0.734. The molecule has 492 valence electrons. The summed E-state index contributed by atoms with van der Waals surface area (Å²) < 4.78 is 0. The third-order valence-electron chi connectivity index (χ3n) is 22.1. The fraction of sp³-hybridized carbons (Fsp3) is 0. The van der Waals surface area contributed by atoms with Gasteiger partial charge in [0.05, 0.1) is 0 Å². The highest BCUT2D eigenvalue weighted by Crippen LogP contribution is 2.51. The van der Waals surface area contributed by atoms with Crippen molar-refractivity contribution in [3.63, 3.8) is 0 Å². The van der Waals surface area contributed by atoms with Crippen LogP contribution in [0, 0.1) is 0 Å². The second kappa shape index (κ2) is 26.2. The standard InChI is InChI=1S/C38H24.2C34H22/c1-3-15-27-25(12-1)14-11-23-31(27)37-32-19-7-9-21-34(32)38(35-22-10-8-20-33(35)37)36-24-26-13-2-4-16-28(26)29-17-5-6-18-30(29)36;1-3-15-25-23(11-1)13-9-21-27(25)33-29-17-5-7-19-31(29)34(32-20-8-6-18-30(32)33)28-22-10-14-24-12-2-4-16-26(24)28;1-2-12-23(13-3-1)33-28-18-8-10-20-30(28)34(31-21-11-9-19-29(31)33)32-22-24-14-4-5-15-25(24)26-16-6-7-17-27(26)32/h1-24H;2*1-22H. The van der Waals surface area contributed by atoms with E-state index >= 15 is 0 Å². The zero-order valence-electron chi connectivity index (χ0n) is 58.3. The van der Waals surface area contributed by atoms with E-state index in [9.17, 15) is 0 Å². The van der Waals surface area contributed by atoms with Crippen molar-refractivity contribution in [1.29, 1.82) is 0 Å². The minimum absolute atomic E-state index is 1.25. The van der Waals surface area contributed by atoms with Gasteiger partial charge in [-0.05, 0) is 219 Å². The summed E-state index contributed by atoms with van der Waals surface area (Å²) in [5.74, 6) is 0. The van der Waals surface area contributed by atoms with E-state index in [-0.39, 0.29) is 0 Å². The van der Waals surface area contributed by atoms with Gasteiger partial charge in [0.25, 0.3) is 0 Å². The van der Waals surface area contributed by atoms with Crippen LogP contribution in [0.1, 0.15) is 0 Å². The molecule has 0 heteroatoms. The Morgan fingerprint density at radius 3 is 0.566 bits per heavy atom. The van der Waals surface area contributed by atoms with Crippen LogP contribution in [-0.2, 0) is 0 Å². The second-order valence-corrected chi connectivity index (χ2v) is 27.9. The Kier molecular flexibility index (Phi) is 15.4. The molecular formula is C106H68. The maximum absolute atomic E-state index is 2.39. The first-order valence-corrected chi connectivity index (χ1v) is 36.8. The van der Waals surface area contributed by atoms with Gasteiger partial charge in [-0.25, -0.2) is 0 Å². The first-order chi connectivity index (χ1) is 52.7.